The number of carbonyl (C=O) groups is 3. The van der Waals surface area contributed by atoms with Crippen molar-refractivity contribution in [2.75, 3.05) is 11.4 Å². The molecule has 0 bridgehead atoms. The fourth-order valence-corrected chi connectivity index (χ4v) is 3.20. The number of benzene rings is 2. The second kappa shape index (κ2) is 7.59. The van der Waals surface area contributed by atoms with E-state index in [-0.39, 0.29) is 17.2 Å². The average Bonchev–Trinajstić information content (AvgIpc) is 3.10. The van der Waals surface area contributed by atoms with E-state index in [1.807, 2.05) is 0 Å². The summed E-state index contributed by atoms with van der Waals surface area (Å²) in [5.74, 6) is -1.42. The number of ketones is 1. The lowest BCUT2D eigenvalue weighted by Gasteiger charge is -2.16. The summed E-state index contributed by atoms with van der Waals surface area (Å²) in [5, 5.41) is 11.1. The average molecular weight is 382 g/mol. The number of para-hydroxylation sites is 1. The summed E-state index contributed by atoms with van der Waals surface area (Å²) in [6.07, 6.45) is -0.476. The van der Waals surface area contributed by atoms with Crippen LogP contribution in [0.3, 0.4) is 0 Å². The zero-order chi connectivity index (χ0) is 20.4. The van der Waals surface area contributed by atoms with Crippen molar-refractivity contribution in [3.63, 3.8) is 0 Å². The number of nitro groups is 1. The van der Waals surface area contributed by atoms with Gasteiger partial charge >= 0.3 is 5.97 Å². The molecule has 1 amide bonds. The number of nitro benzene ring substituents is 1. The summed E-state index contributed by atoms with van der Waals surface area (Å²) < 4.78 is 5.16. The summed E-state index contributed by atoms with van der Waals surface area (Å²) in [5.41, 5.74) is 1.41. The predicted octanol–water partition coefficient (Wildman–Crippen LogP) is 2.93. The number of rotatable bonds is 5. The third-order valence-corrected chi connectivity index (χ3v) is 4.61. The van der Waals surface area contributed by atoms with Crippen LogP contribution in [0.2, 0.25) is 0 Å². The Bertz CT molecular complexity index is 984. The highest BCUT2D eigenvalue weighted by Gasteiger charge is 2.27. The van der Waals surface area contributed by atoms with Gasteiger partial charge in [0.05, 0.1) is 4.92 Å². The van der Waals surface area contributed by atoms with E-state index in [4.69, 9.17) is 4.74 Å². The molecule has 0 spiro atoms. The minimum absolute atomic E-state index is 0.0652. The van der Waals surface area contributed by atoms with Crippen LogP contribution in [0.4, 0.5) is 11.4 Å². The van der Waals surface area contributed by atoms with Gasteiger partial charge in [-0.2, -0.15) is 0 Å². The number of anilines is 1. The van der Waals surface area contributed by atoms with E-state index in [1.54, 1.807) is 23.1 Å². The minimum Gasteiger partial charge on any atom is -0.450 e. The molecule has 0 aliphatic carbocycles. The van der Waals surface area contributed by atoms with E-state index in [9.17, 15) is 24.5 Å². The fraction of sp³-hybridized carbons (Fsp3) is 0.250. The number of Topliss-reactive ketones (excluding diaryl/α,β-unsaturated/α-hetero) is 1. The standard InChI is InChI=1S/C20H18N2O6/c1-12(28-20(25)16-5-3-4-6-18(16)22(26)27)19(24)15-7-8-17-14(11-15)9-10-21(17)13(2)23/h3-8,11-12H,9-10H2,1-2H3. The quantitative estimate of drug-likeness (QED) is 0.341. The van der Waals surface area contributed by atoms with E-state index < -0.39 is 22.8 Å². The van der Waals surface area contributed by atoms with Crippen LogP contribution < -0.4 is 4.90 Å². The van der Waals surface area contributed by atoms with Gasteiger partial charge in [0, 0.05) is 30.8 Å². The van der Waals surface area contributed by atoms with Gasteiger partial charge in [0.25, 0.3) is 5.69 Å². The molecule has 0 N–H and O–H groups in total. The van der Waals surface area contributed by atoms with Gasteiger partial charge < -0.3 is 9.64 Å². The molecular weight excluding hydrogens is 364 g/mol. The molecule has 3 rings (SSSR count). The number of hydrogen-bond acceptors (Lipinski definition) is 6. The summed E-state index contributed by atoms with van der Waals surface area (Å²) in [6, 6.07) is 10.4. The minimum atomic E-state index is -1.12. The molecule has 8 nitrogen and oxygen atoms in total. The molecule has 1 atom stereocenters. The van der Waals surface area contributed by atoms with Crippen molar-refractivity contribution in [2.24, 2.45) is 0 Å². The molecule has 0 saturated heterocycles. The van der Waals surface area contributed by atoms with E-state index in [2.05, 4.69) is 0 Å². The molecule has 1 heterocycles. The van der Waals surface area contributed by atoms with Crippen molar-refractivity contribution >= 4 is 29.0 Å². The van der Waals surface area contributed by atoms with Gasteiger partial charge in [-0.05, 0) is 43.2 Å². The third-order valence-electron chi connectivity index (χ3n) is 4.61. The molecule has 8 heteroatoms. The van der Waals surface area contributed by atoms with Crippen molar-refractivity contribution in [3.8, 4) is 0 Å². The number of fused-ring (bicyclic) bond motifs is 1. The van der Waals surface area contributed by atoms with E-state index >= 15 is 0 Å². The fourth-order valence-electron chi connectivity index (χ4n) is 3.20. The number of amides is 1. The first-order valence-electron chi connectivity index (χ1n) is 8.69. The monoisotopic (exact) mass is 382 g/mol. The van der Waals surface area contributed by atoms with Gasteiger partial charge in [0.15, 0.2) is 6.10 Å². The van der Waals surface area contributed by atoms with Gasteiger partial charge in [0.2, 0.25) is 11.7 Å². The molecule has 1 unspecified atom stereocenters. The topological polar surface area (TPSA) is 107 Å². The highest BCUT2D eigenvalue weighted by molar-refractivity contribution is 6.03. The SMILES string of the molecule is CC(=O)N1CCc2cc(C(=O)C(C)OC(=O)c3ccccc3[N+](=O)[O-])ccc21. The van der Waals surface area contributed by atoms with E-state index in [1.165, 1.54) is 38.1 Å². The smallest absolute Gasteiger partial charge is 0.345 e. The summed E-state index contributed by atoms with van der Waals surface area (Å²) in [7, 11) is 0. The molecule has 28 heavy (non-hydrogen) atoms. The van der Waals surface area contributed by atoms with Crippen LogP contribution in [0.5, 0.6) is 0 Å². The second-order valence-electron chi connectivity index (χ2n) is 6.45. The Morgan fingerprint density at radius 1 is 1.18 bits per heavy atom. The van der Waals surface area contributed by atoms with Crippen molar-refractivity contribution in [1.29, 1.82) is 0 Å². The molecule has 0 fully saturated rings. The molecule has 2 aromatic rings. The Hall–Kier alpha value is -3.55. The molecule has 144 valence electrons. The van der Waals surface area contributed by atoms with Crippen LogP contribution in [-0.4, -0.2) is 35.2 Å². The lowest BCUT2D eigenvalue weighted by atomic mass is 10.0. The van der Waals surface area contributed by atoms with E-state index in [0.717, 1.165) is 11.3 Å². The molecule has 0 radical (unpaired) electrons. The molecule has 1 aliphatic rings. The number of esters is 1. The van der Waals surface area contributed by atoms with Crippen LogP contribution in [0.15, 0.2) is 42.5 Å². The van der Waals surface area contributed by atoms with Crippen LogP contribution >= 0.6 is 0 Å². The Morgan fingerprint density at radius 2 is 1.89 bits per heavy atom. The van der Waals surface area contributed by atoms with E-state index in [0.29, 0.717) is 18.5 Å². The van der Waals surface area contributed by atoms with Gasteiger partial charge in [-0.15, -0.1) is 0 Å². The maximum Gasteiger partial charge on any atom is 0.345 e. The number of ether oxygens (including phenoxy) is 1. The van der Waals surface area contributed by atoms with Gasteiger partial charge in [0.1, 0.15) is 5.56 Å². The van der Waals surface area contributed by atoms with Crippen LogP contribution in [-0.2, 0) is 16.0 Å². The Balaban J connectivity index is 1.76. The maximum absolute atomic E-state index is 12.7. The number of carbonyl (C=O) groups excluding carboxylic acids is 3. The van der Waals surface area contributed by atoms with Gasteiger partial charge in [-0.1, -0.05) is 12.1 Å². The van der Waals surface area contributed by atoms with Crippen molar-refractivity contribution in [1.82, 2.24) is 0 Å². The van der Waals surface area contributed by atoms with Crippen molar-refractivity contribution in [3.05, 3.63) is 69.3 Å². The number of hydrogen-bond donors (Lipinski definition) is 0. The summed E-state index contributed by atoms with van der Waals surface area (Å²) in [4.78, 5) is 48.6. The van der Waals surface area contributed by atoms with Crippen LogP contribution in [0.1, 0.15) is 40.1 Å². The molecule has 2 aromatic carbocycles. The molecule has 0 saturated carbocycles. The predicted molar refractivity (Wildman–Crippen MR) is 100 cm³/mol. The number of nitrogens with zero attached hydrogens (tertiary/aromatic N) is 2. The first-order chi connectivity index (χ1) is 13.3. The highest BCUT2D eigenvalue weighted by atomic mass is 16.6. The molecule has 1 aliphatic heterocycles. The van der Waals surface area contributed by atoms with Crippen LogP contribution in [0.25, 0.3) is 0 Å². The Morgan fingerprint density at radius 3 is 2.57 bits per heavy atom. The normalized spacial score (nSPS) is 13.6. The van der Waals surface area contributed by atoms with Crippen molar-refractivity contribution in [2.45, 2.75) is 26.4 Å². The third kappa shape index (κ3) is 3.62. The Kier molecular flexibility index (Phi) is 5.21. The lowest BCUT2D eigenvalue weighted by molar-refractivity contribution is -0.385. The van der Waals surface area contributed by atoms with Gasteiger partial charge in [-0.3, -0.25) is 19.7 Å². The van der Waals surface area contributed by atoms with Crippen LogP contribution in [0, 0.1) is 10.1 Å². The first-order valence-corrected chi connectivity index (χ1v) is 8.69. The highest BCUT2D eigenvalue weighted by Crippen LogP contribution is 2.29. The summed E-state index contributed by atoms with van der Waals surface area (Å²) in [6.45, 7) is 3.47. The second-order valence-corrected chi connectivity index (χ2v) is 6.45. The van der Waals surface area contributed by atoms with Gasteiger partial charge in [-0.25, -0.2) is 4.79 Å². The molecular formula is C20H18N2O6. The lowest BCUT2D eigenvalue weighted by Crippen LogP contribution is -2.26. The maximum atomic E-state index is 12.7. The molecule has 0 aromatic heterocycles. The van der Waals surface area contributed by atoms with Crippen molar-refractivity contribution < 1.29 is 24.0 Å². The zero-order valence-corrected chi connectivity index (χ0v) is 15.4. The first kappa shape index (κ1) is 19.2. The largest absolute Gasteiger partial charge is 0.450 e. The summed E-state index contributed by atoms with van der Waals surface area (Å²) >= 11 is 0. The zero-order valence-electron chi connectivity index (χ0n) is 15.4. The Labute approximate surface area is 160 Å².